The van der Waals surface area contributed by atoms with E-state index >= 15 is 0 Å². The average molecular weight is 878 g/mol. The normalized spacial score (nSPS) is 14.7. The van der Waals surface area contributed by atoms with Gasteiger partial charge >= 0.3 is 11.9 Å². The fraction of sp³-hybridized carbons (Fsp3) is 0.720. The summed E-state index contributed by atoms with van der Waals surface area (Å²) < 4.78 is 33.9. The van der Waals surface area contributed by atoms with Gasteiger partial charge in [0.05, 0.1) is 33.9 Å². The highest BCUT2D eigenvalue weighted by Crippen LogP contribution is 2.38. The summed E-state index contributed by atoms with van der Waals surface area (Å²) in [5, 5.41) is 9.74. The van der Waals surface area contributed by atoms with E-state index in [2.05, 4.69) is 74.6 Å². The van der Waals surface area contributed by atoms with E-state index in [4.69, 9.17) is 18.5 Å². The van der Waals surface area contributed by atoms with Crippen LogP contribution in [0.5, 0.6) is 0 Å². The van der Waals surface area contributed by atoms with Crippen LogP contribution in [0.2, 0.25) is 0 Å². The minimum atomic E-state index is -4.65. The summed E-state index contributed by atoms with van der Waals surface area (Å²) in [6, 6.07) is 0. The van der Waals surface area contributed by atoms with Crippen LogP contribution in [0.1, 0.15) is 174 Å². The number of aliphatic hydroxyl groups excluding tert-OH is 1. The number of unbranched alkanes of at least 4 members (excludes halogenated alkanes) is 13. The van der Waals surface area contributed by atoms with Crippen molar-refractivity contribution in [2.24, 2.45) is 0 Å². The quantitative estimate of drug-likeness (QED) is 0.0209. The molecule has 0 aromatic carbocycles. The Labute approximate surface area is 372 Å². The molecule has 10 nitrogen and oxygen atoms in total. The molecule has 0 aliphatic carbocycles. The van der Waals surface area contributed by atoms with Crippen molar-refractivity contribution in [1.29, 1.82) is 0 Å². The molecule has 0 bridgehead atoms. The molecule has 0 aliphatic heterocycles. The number of esters is 2. The Balaban J connectivity index is 4.43. The number of phosphoric acid groups is 1. The minimum absolute atomic E-state index is 0.0497. The number of allylic oxidation sites excluding steroid dienone is 11. The number of hydrogen-bond acceptors (Lipinski definition) is 9. The van der Waals surface area contributed by atoms with E-state index < -0.39 is 32.5 Å². The summed E-state index contributed by atoms with van der Waals surface area (Å²) >= 11 is 0. The summed E-state index contributed by atoms with van der Waals surface area (Å²) in [6.07, 6.45) is 48.5. The molecule has 0 amide bonds. The fourth-order valence-corrected chi connectivity index (χ4v) is 6.77. The van der Waals surface area contributed by atoms with Gasteiger partial charge in [0.2, 0.25) is 0 Å². The van der Waals surface area contributed by atoms with E-state index in [1.54, 1.807) is 0 Å². The maximum absolute atomic E-state index is 12.7. The lowest BCUT2D eigenvalue weighted by Gasteiger charge is -2.28. The number of carbonyl (C=O) groups excluding carboxylic acids is 2. The number of hydrogen-bond donors (Lipinski definition) is 1. The SMILES string of the molecule is CCCCC/C=C\C/C=C\CCCCCCCCCCCC(=O)O[C@H](COC(=O)CCC/C=C\C/C=C\C/C=C\C/C=C\CC(O)CCC)COP(=O)([O-])OCC[N+](C)(C)C. The highest BCUT2D eigenvalue weighted by atomic mass is 31.2. The zero-order valence-corrected chi connectivity index (χ0v) is 40.1. The van der Waals surface area contributed by atoms with Gasteiger partial charge in [-0.15, -0.1) is 0 Å². The third-order valence-electron chi connectivity index (χ3n) is 9.75. The number of carbonyl (C=O) groups is 2. The largest absolute Gasteiger partial charge is 0.756 e. The van der Waals surface area contributed by atoms with Crippen molar-refractivity contribution in [3.05, 3.63) is 72.9 Å². The Bertz CT molecular complexity index is 1280. The Kier molecular flexibility index (Phi) is 39.7. The van der Waals surface area contributed by atoms with Crippen molar-refractivity contribution in [2.75, 3.05) is 47.5 Å². The topological polar surface area (TPSA) is 131 Å². The zero-order chi connectivity index (χ0) is 45.1. The van der Waals surface area contributed by atoms with Gasteiger partial charge in [0.1, 0.15) is 19.8 Å². The van der Waals surface area contributed by atoms with Gasteiger partial charge in [-0.25, -0.2) is 0 Å². The Morgan fingerprint density at radius 1 is 0.590 bits per heavy atom. The highest BCUT2D eigenvalue weighted by Gasteiger charge is 2.21. The molecule has 0 saturated heterocycles. The van der Waals surface area contributed by atoms with Crippen LogP contribution in [-0.4, -0.2) is 81.2 Å². The van der Waals surface area contributed by atoms with Gasteiger partial charge in [0, 0.05) is 12.8 Å². The lowest BCUT2D eigenvalue weighted by Crippen LogP contribution is -2.37. The Morgan fingerprint density at radius 3 is 1.61 bits per heavy atom. The van der Waals surface area contributed by atoms with E-state index in [1.165, 1.54) is 57.8 Å². The van der Waals surface area contributed by atoms with Crippen molar-refractivity contribution in [1.82, 2.24) is 0 Å². The number of ether oxygens (including phenoxy) is 2. The second kappa shape index (κ2) is 41.4. The summed E-state index contributed by atoms with van der Waals surface area (Å²) in [5.41, 5.74) is 0. The van der Waals surface area contributed by atoms with E-state index in [9.17, 15) is 24.2 Å². The van der Waals surface area contributed by atoms with Crippen LogP contribution in [0.3, 0.4) is 0 Å². The molecule has 352 valence electrons. The van der Waals surface area contributed by atoms with Crippen LogP contribution in [-0.2, 0) is 32.7 Å². The molecule has 0 radical (unpaired) electrons. The molecule has 0 heterocycles. The van der Waals surface area contributed by atoms with Gasteiger partial charge in [-0.05, 0) is 83.5 Å². The standard InChI is InChI=1S/C50H88NO9P/c1-6-8-9-10-11-12-13-14-15-16-17-18-19-22-26-29-32-35-38-42-50(54)60-48(46-59-61(55,56)58-44-43-51(3,4)5)45-57-49(53)41-37-34-31-28-25-23-20-21-24-27-30-33-36-40-47(52)39-7-2/h11-12,14-15,20,23-24,27-28,31,33,36,47-48,52H,6-10,13,16-19,21-22,25-26,29-30,32,34-35,37-46H2,1-5H3/b12-11-,15-14-,23-20-,27-24-,31-28-,36-33-/t47?,48-/m1/s1. The van der Waals surface area contributed by atoms with E-state index in [1.807, 2.05) is 33.3 Å². The fourth-order valence-electron chi connectivity index (χ4n) is 6.04. The van der Waals surface area contributed by atoms with Gasteiger partial charge in [0.25, 0.3) is 7.82 Å². The van der Waals surface area contributed by atoms with E-state index in [0.29, 0.717) is 36.7 Å². The molecule has 0 rings (SSSR count). The van der Waals surface area contributed by atoms with Gasteiger partial charge in [-0.2, -0.15) is 0 Å². The second-order valence-electron chi connectivity index (χ2n) is 16.9. The number of quaternary nitrogens is 1. The molecular weight excluding hydrogens is 790 g/mol. The highest BCUT2D eigenvalue weighted by molar-refractivity contribution is 7.45. The number of phosphoric ester groups is 1. The van der Waals surface area contributed by atoms with Gasteiger partial charge in [-0.3, -0.25) is 14.2 Å². The molecule has 1 N–H and O–H groups in total. The number of rotatable bonds is 42. The van der Waals surface area contributed by atoms with Gasteiger partial charge < -0.3 is 33.0 Å². The first-order valence-electron chi connectivity index (χ1n) is 23.7. The smallest absolute Gasteiger partial charge is 0.306 e. The van der Waals surface area contributed by atoms with Gasteiger partial charge in [-0.1, -0.05) is 151 Å². The lowest BCUT2D eigenvalue weighted by atomic mass is 10.1. The molecule has 2 unspecified atom stereocenters. The third kappa shape index (κ3) is 45.3. The van der Waals surface area contributed by atoms with E-state index in [-0.39, 0.29) is 32.2 Å². The number of likely N-dealkylation sites (N-methyl/N-ethyl adjacent to an activating group) is 1. The molecule has 61 heavy (non-hydrogen) atoms. The molecule has 0 saturated carbocycles. The number of nitrogens with zero attached hydrogens (tertiary/aromatic N) is 1. The maximum Gasteiger partial charge on any atom is 0.306 e. The first-order valence-corrected chi connectivity index (χ1v) is 25.2. The monoisotopic (exact) mass is 878 g/mol. The van der Waals surface area contributed by atoms with Crippen molar-refractivity contribution in [3.8, 4) is 0 Å². The summed E-state index contributed by atoms with van der Waals surface area (Å²) in [4.78, 5) is 37.6. The Hall–Kier alpha value is -2.59. The van der Waals surface area contributed by atoms with Crippen LogP contribution in [0.4, 0.5) is 0 Å². The first kappa shape index (κ1) is 58.4. The van der Waals surface area contributed by atoms with Crippen LogP contribution < -0.4 is 4.89 Å². The van der Waals surface area contributed by atoms with Crippen LogP contribution in [0.15, 0.2) is 72.9 Å². The molecule has 0 aromatic rings. The molecule has 0 aliphatic rings. The minimum Gasteiger partial charge on any atom is -0.756 e. The van der Waals surface area contributed by atoms with Gasteiger partial charge in [0.15, 0.2) is 6.10 Å². The molecule has 0 fully saturated rings. The molecule has 0 spiro atoms. The number of aliphatic hydroxyl groups is 1. The zero-order valence-electron chi connectivity index (χ0n) is 39.2. The predicted octanol–water partition coefficient (Wildman–Crippen LogP) is 12.1. The summed E-state index contributed by atoms with van der Waals surface area (Å²) in [5.74, 6) is -0.929. The second-order valence-corrected chi connectivity index (χ2v) is 18.4. The molecule has 3 atom stereocenters. The summed E-state index contributed by atoms with van der Waals surface area (Å²) in [7, 11) is 1.10. The van der Waals surface area contributed by atoms with Crippen molar-refractivity contribution in [3.63, 3.8) is 0 Å². The molecule has 11 heteroatoms. The van der Waals surface area contributed by atoms with Crippen molar-refractivity contribution >= 4 is 19.8 Å². The van der Waals surface area contributed by atoms with Crippen LogP contribution in [0, 0.1) is 0 Å². The Morgan fingerprint density at radius 2 is 1.07 bits per heavy atom. The van der Waals surface area contributed by atoms with Crippen LogP contribution in [0.25, 0.3) is 0 Å². The molecule has 0 aromatic heterocycles. The first-order chi connectivity index (χ1) is 29.4. The lowest BCUT2D eigenvalue weighted by molar-refractivity contribution is -0.870. The average Bonchev–Trinajstić information content (AvgIpc) is 3.20. The van der Waals surface area contributed by atoms with Crippen molar-refractivity contribution < 1.29 is 47.2 Å². The molecular formula is C50H88NO9P. The van der Waals surface area contributed by atoms with Crippen LogP contribution >= 0.6 is 7.82 Å². The van der Waals surface area contributed by atoms with Crippen molar-refractivity contribution in [2.45, 2.75) is 187 Å². The maximum atomic E-state index is 12.7. The third-order valence-corrected chi connectivity index (χ3v) is 10.7. The summed E-state index contributed by atoms with van der Waals surface area (Å²) in [6.45, 7) is 3.92. The van der Waals surface area contributed by atoms with E-state index in [0.717, 1.165) is 64.2 Å². The predicted molar refractivity (Wildman–Crippen MR) is 251 cm³/mol.